The number of hydrogen-bond acceptors (Lipinski definition) is 6. The second kappa shape index (κ2) is 10.6. The van der Waals surface area contributed by atoms with Crippen molar-refractivity contribution in [3.05, 3.63) is 77.3 Å². The number of piperazine rings is 1. The summed E-state index contributed by atoms with van der Waals surface area (Å²) in [6, 6.07) is 13.9. The van der Waals surface area contributed by atoms with Crippen LogP contribution in [0.2, 0.25) is 0 Å². The number of hydrogen-bond donors (Lipinski definition) is 0. The van der Waals surface area contributed by atoms with Crippen molar-refractivity contribution in [2.24, 2.45) is 0 Å². The number of carbonyl (C=O) groups excluding carboxylic acids is 1. The second-order valence-corrected chi connectivity index (χ2v) is 8.80. The van der Waals surface area contributed by atoms with E-state index >= 15 is 0 Å². The minimum atomic E-state index is 0.0148. The van der Waals surface area contributed by atoms with Gasteiger partial charge >= 0.3 is 0 Å². The Bertz CT molecular complexity index is 1110. The van der Waals surface area contributed by atoms with Crippen molar-refractivity contribution in [2.75, 3.05) is 40.4 Å². The minimum Gasteiger partial charge on any atom is -0.493 e. The van der Waals surface area contributed by atoms with Gasteiger partial charge in [-0.1, -0.05) is 36.4 Å². The Morgan fingerprint density at radius 3 is 2.55 bits per heavy atom. The smallest absolute Gasteiger partial charge is 0.254 e. The number of carbonyl (C=O) groups is 1. The number of nitrogens with zero attached hydrogens (tertiary/aromatic N) is 3. The van der Waals surface area contributed by atoms with Gasteiger partial charge in [-0.15, -0.1) is 17.9 Å². The predicted octanol–water partition coefficient (Wildman–Crippen LogP) is 4.51. The number of amides is 1. The van der Waals surface area contributed by atoms with E-state index in [4.69, 9.17) is 14.5 Å². The molecule has 172 valence electrons. The summed E-state index contributed by atoms with van der Waals surface area (Å²) in [4.78, 5) is 22.3. The van der Waals surface area contributed by atoms with Gasteiger partial charge in [-0.2, -0.15) is 0 Å². The molecule has 1 fully saturated rings. The molecule has 0 atom stereocenters. The molecule has 1 aliphatic rings. The number of rotatable bonds is 8. The lowest BCUT2D eigenvalue weighted by Gasteiger charge is -2.34. The van der Waals surface area contributed by atoms with Gasteiger partial charge in [0.1, 0.15) is 5.01 Å². The van der Waals surface area contributed by atoms with E-state index in [-0.39, 0.29) is 5.91 Å². The Kier molecular flexibility index (Phi) is 7.42. The SMILES string of the molecule is C=CCc1cc(C(=O)N2CCN(Cc3csc(-c4ccccc4)n3)CC2)cc(OC)c1OC. The van der Waals surface area contributed by atoms with E-state index in [1.807, 2.05) is 29.2 Å². The molecule has 7 heteroatoms. The number of methoxy groups -OCH3 is 2. The summed E-state index contributed by atoms with van der Waals surface area (Å²) in [5.41, 5.74) is 3.74. The molecule has 6 nitrogen and oxygen atoms in total. The lowest BCUT2D eigenvalue weighted by Crippen LogP contribution is -2.48. The highest BCUT2D eigenvalue weighted by Gasteiger charge is 2.24. The molecule has 1 amide bonds. The molecule has 0 saturated carbocycles. The zero-order chi connectivity index (χ0) is 23.2. The second-order valence-electron chi connectivity index (χ2n) is 7.94. The van der Waals surface area contributed by atoms with Gasteiger partial charge < -0.3 is 14.4 Å². The van der Waals surface area contributed by atoms with Gasteiger partial charge in [0.25, 0.3) is 5.91 Å². The van der Waals surface area contributed by atoms with Gasteiger partial charge in [-0.25, -0.2) is 4.98 Å². The van der Waals surface area contributed by atoms with Crippen LogP contribution in [0.3, 0.4) is 0 Å². The molecule has 1 aliphatic heterocycles. The van der Waals surface area contributed by atoms with Gasteiger partial charge in [0, 0.05) is 54.8 Å². The van der Waals surface area contributed by atoms with E-state index in [9.17, 15) is 4.79 Å². The van der Waals surface area contributed by atoms with Crippen LogP contribution in [-0.4, -0.2) is 61.1 Å². The van der Waals surface area contributed by atoms with Gasteiger partial charge in [-0.3, -0.25) is 9.69 Å². The molecule has 0 radical (unpaired) electrons. The van der Waals surface area contributed by atoms with Crippen molar-refractivity contribution in [1.29, 1.82) is 0 Å². The molecule has 0 unspecified atom stereocenters. The monoisotopic (exact) mass is 463 g/mol. The van der Waals surface area contributed by atoms with Crippen molar-refractivity contribution in [1.82, 2.24) is 14.8 Å². The first-order chi connectivity index (χ1) is 16.1. The summed E-state index contributed by atoms with van der Waals surface area (Å²) in [5.74, 6) is 1.23. The normalized spacial score (nSPS) is 14.2. The Labute approximate surface area is 199 Å². The van der Waals surface area contributed by atoms with E-state index < -0.39 is 0 Å². The molecule has 4 rings (SSSR count). The molecule has 0 bridgehead atoms. The minimum absolute atomic E-state index is 0.0148. The summed E-state index contributed by atoms with van der Waals surface area (Å²) < 4.78 is 11.0. The average molecular weight is 464 g/mol. The van der Waals surface area contributed by atoms with Crippen molar-refractivity contribution in [2.45, 2.75) is 13.0 Å². The zero-order valence-corrected chi connectivity index (χ0v) is 19.9. The van der Waals surface area contributed by atoms with Gasteiger partial charge in [0.05, 0.1) is 19.9 Å². The number of aromatic nitrogens is 1. The number of allylic oxidation sites excluding steroid dienone is 1. The fraction of sp³-hybridized carbons (Fsp3) is 0.308. The number of ether oxygens (including phenoxy) is 2. The van der Waals surface area contributed by atoms with Crippen LogP contribution >= 0.6 is 11.3 Å². The molecule has 0 aliphatic carbocycles. The van der Waals surface area contributed by atoms with Crippen LogP contribution < -0.4 is 9.47 Å². The maximum atomic E-state index is 13.2. The molecule has 3 aromatic rings. The highest BCUT2D eigenvalue weighted by molar-refractivity contribution is 7.13. The quantitative estimate of drug-likeness (QED) is 0.460. The first-order valence-electron chi connectivity index (χ1n) is 11.0. The summed E-state index contributed by atoms with van der Waals surface area (Å²) in [6.07, 6.45) is 2.40. The van der Waals surface area contributed by atoms with Crippen LogP contribution in [0.4, 0.5) is 0 Å². The molecule has 2 aromatic carbocycles. The molecular weight excluding hydrogens is 434 g/mol. The summed E-state index contributed by atoms with van der Waals surface area (Å²) in [5, 5.41) is 3.17. The van der Waals surface area contributed by atoms with E-state index in [0.717, 1.165) is 41.5 Å². The van der Waals surface area contributed by atoms with E-state index in [0.29, 0.717) is 36.6 Å². The van der Waals surface area contributed by atoms with Crippen LogP contribution in [0, 0.1) is 0 Å². The standard InChI is InChI=1S/C26H29N3O3S/c1-4-8-20-15-21(16-23(31-2)24(20)32-3)26(30)29-13-11-28(12-14-29)17-22-18-33-25(27-22)19-9-6-5-7-10-19/h4-7,9-10,15-16,18H,1,8,11-14,17H2,2-3H3. The molecule has 1 saturated heterocycles. The summed E-state index contributed by atoms with van der Waals surface area (Å²) in [6.45, 7) is 7.60. The highest BCUT2D eigenvalue weighted by Crippen LogP contribution is 2.33. The van der Waals surface area contributed by atoms with E-state index in [1.54, 1.807) is 37.7 Å². The highest BCUT2D eigenvalue weighted by atomic mass is 32.1. The van der Waals surface area contributed by atoms with Crippen molar-refractivity contribution in [3.63, 3.8) is 0 Å². The molecule has 0 spiro atoms. The molecule has 33 heavy (non-hydrogen) atoms. The van der Waals surface area contributed by atoms with Crippen LogP contribution in [0.15, 0.2) is 60.5 Å². The average Bonchev–Trinajstić information content (AvgIpc) is 3.33. The lowest BCUT2D eigenvalue weighted by molar-refractivity contribution is 0.0627. The lowest BCUT2D eigenvalue weighted by atomic mass is 10.0. The summed E-state index contributed by atoms with van der Waals surface area (Å²) in [7, 11) is 3.19. The van der Waals surface area contributed by atoms with Crippen LogP contribution in [0.25, 0.3) is 10.6 Å². The molecular formula is C26H29N3O3S. The largest absolute Gasteiger partial charge is 0.493 e. The maximum absolute atomic E-state index is 13.2. The third-order valence-corrected chi connectivity index (χ3v) is 6.72. The summed E-state index contributed by atoms with van der Waals surface area (Å²) >= 11 is 1.67. The fourth-order valence-electron chi connectivity index (χ4n) is 4.09. The molecule has 0 N–H and O–H groups in total. The number of thiazole rings is 1. The van der Waals surface area contributed by atoms with Crippen LogP contribution in [0.5, 0.6) is 11.5 Å². The zero-order valence-electron chi connectivity index (χ0n) is 19.1. The first kappa shape index (κ1) is 23.0. The topological polar surface area (TPSA) is 54.9 Å². The molecule has 2 heterocycles. The van der Waals surface area contributed by atoms with Crippen molar-refractivity contribution >= 4 is 17.2 Å². The molecule has 1 aromatic heterocycles. The van der Waals surface area contributed by atoms with E-state index in [2.05, 4.69) is 29.0 Å². The fourth-order valence-corrected chi connectivity index (χ4v) is 4.90. The Balaban J connectivity index is 1.39. The Morgan fingerprint density at radius 1 is 1.12 bits per heavy atom. The predicted molar refractivity (Wildman–Crippen MR) is 132 cm³/mol. The Hall–Kier alpha value is -3.16. The third-order valence-electron chi connectivity index (χ3n) is 5.78. The van der Waals surface area contributed by atoms with Gasteiger partial charge in [0.15, 0.2) is 11.5 Å². The van der Waals surface area contributed by atoms with Crippen LogP contribution in [0.1, 0.15) is 21.6 Å². The Morgan fingerprint density at radius 2 is 1.88 bits per heavy atom. The maximum Gasteiger partial charge on any atom is 0.254 e. The third kappa shape index (κ3) is 5.26. The van der Waals surface area contributed by atoms with Crippen LogP contribution in [-0.2, 0) is 13.0 Å². The van der Waals surface area contributed by atoms with Crippen molar-refractivity contribution < 1.29 is 14.3 Å². The number of benzene rings is 2. The van der Waals surface area contributed by atoms with Gasteiger partial charge in [0.2, 0.25) is 0 Å². The first-order valence-corrected chi connectivity index (χ1v) is 11.9. The van der Waals surface area contributed by atoms with E-state index in [1.165, 1.54) is 0 Å². The van der Waals surface area contributed by atoms with Crippen molar-refractivity contribution in [3.8, 4) is 22.1 Å². The van der Waals surface area contributed by atoms with Gasteiger partial charge in [-0.05, 0) is 18.6 Å².